The predicted octanol–water partition coefficient (Wildman–Crippen LogP) is 1.33. The topological polar surface area (TPSA) is 80.5 Å². The van der Waals surface area contributed by atoms with Crippen LogP contribution in [0, 0.1) is 10.1 Å². The van der Waals surface area contributed by atoms with Crippen molar-refractivity contribution in [2.75, 3.05) is 13.1 Å². The Morgan fingerprint density at radius 2 is 1.94 bits per heavy atom. The molecule has 2 rings (SSSR count). The highest BCUT2D eigenvalue weighted by Crippen LogP contribution is 2.23. The Morgan fingerprint density at radius 1 is 1.33 bits per heavy atom. The van der Waals surface area contributed by atoms with Crippen LogP contribution in [-0.4, -0.2) is 36.9 Å². The number of hydrogen-bond donors (Lipinski definition) is 0. The van der Waals surface area contributed by atoms with Crippen molar-refractivity contribution in [3.63, 3.8) is 0 Å². The van der Waals surface area contributed by atoms with Gasteiger partial charge in [0.15, 0.2) is 0 Å². The fourth-order valence-corrected chi connectivity index (χ4v) is 3.28. The smallest absolute Gasteiger partial charge is 0.258 e. The van der Waals surface area contributed by atoms with Gasteiger partial charge >= 0.3 is 0 Å². The first-order chi connectivity index (χ1) is 8.41. The van der Waals surface area contributed by atoms with E-state index in [9.17, 15) is 22.9 Å². The summed E-state index contributed by atoms with van der Waals surface area (Å²) < 4.78 is 38.1. The van der Waals surface area contributed by atoms with Gasteiger partial charge in [-0.15, -0.1) is 0 Å². The molecule has 1 atom stereocenters. The van der Waals surface area contributed by atoms with Crippen molar-refractivity contribution in [3.8, 4) is 0 Å². The molecule has 6 nitrogen and oxygen atoms in total. The van der Waals surface area contributed by atoms with Gasteiger partial charge in [-0.25, -0.2) is 12.8 Å². The van der Waals surface area contributed by atoms with E-state index in [0.717, 1.165) is 16.4 Å². The number of nitro groups is 1. The molecule has 1 heterocycles. The lowest BCUT2D eigenvalue weighted by molar-refractivity contribution is -0.384. The Bertz CT molecular complexity index is 558. The average Bonchev–Trinajstić information content (AvgIpc) is 2.76. The molecule has 1 aromatic carbocycles. The van der Waals surface area contributed by atoms with Gasteiger partial charge < -0.3 is 0 Å². The molecule has 1 aliphatic rings. The third-order valence-corrected chi connectivity index (χ3v) is 4.66. The molecule has 0 spiro atoms. The number of sulfonamides is 1. The molecule has 0 saturated carbocycles. The number of benzene rings is 1. The van der Waals surface area contributed by atoms with Crippen molar-refractivity contribution in [3.05, 3.63) is 34.4 Å². The van der Waals surface area contributed by atoms with Gasteiger partial charge in [-0.1, -0.05) is 0 Å². The first kappa shape index (κ1) is 12.9. The molecule has 0 unspecified atom stereocenters. The molecule has 1 aromatic rings. The Balaban J connectivity index is 2.27. The van der Waals surface area contributed by atoms with E-state index < -0.39 is 21.1 Å². The molecule has 0 aromatic heterocycles. The minimum absolute atomic E-state index is 0.0535. The second kappa shape index (κ2) is 4.62. The van der Waals surface area contributed by atoms with Gasteiger partial charge in [-0.3, -0.25) is 10.1 Å². The van der Waals surface area contributed by atoms with Crippen molar-refractivity contribution in [1.82, 2.24) is 4.31 Å². The molecule has 0 radical (unpaired) electrons. The third-order valence-electron chi connectivity index (χ3n) is 2.78. The highest BCUT2D eigenvalue weighted by atomic mass is 32.2. The third kappa shape index (κ3) is 2.34. The lowest BCUT2D eigenvalue weighted by atomic mass is 10.3. The highest BCUT2D eigenvalue weighted by Gasteiger charge is 2.32. The van der Waals surface area contributed by atoms with Crippen molar-refractivity contribution in [2.24, 2.45) is 0 Å². The molecule has 8 heteroatoms. The molecular weight excluding hydrogens is 263 g/mol. The van der Waals surface area contributed by atoms with Crippen LogP contribution in [0.1, 0.15) is 6.42 Å². The Kier molecular flexibility index (Phi) is 3.31. The lowest BCUT2D eigenvalue weighted by Gasteiger charge is -2.15. The van der Waals surface area contributed by atoms with Crippen LogP contribution in [0.25, 0.3) is 0 Å². The molecular formula is C10H11FN2O4S. The van der Waals surface area contributed by atoms with Crippen LogP contribution in [0.2, 0.25) is 0 Å². The largest absolute Gasteiger partial charge is 0.269 e. The fourth-order valence-electron chi connectivity index (χ4n) is 1.79. The maximum Gasteiger partial charge on any atom is 0.269 e. The Labute approximate surface area is 103 Å². The van der Waals surface area contributed by atoms with Gasteiger partial charge in [0.1, 0.15) is 6.17 Å². The summed E-state index contributed by atoms with van der Waals surface area (Å²) in [5, 5.41) is 10.5. The summed E-state index contributed by atoms with van der Waals surface area (Å²) in [6.07, 6.45) is -0.954. The van der Waals surface area contributed by atoms with Crippen LogP contribution >= 0.6 is 0 Å². The van der Waals surface area contributed by atoms with Crippen molar-refractivity contribution in [2.45, 2.75) is 17.5 Å². The van der Waals surface area contributed by atoms with Crippen LogP contribution in [0.3, 0.4) is 0 Å². The standard InChI is InChI=1S/C10H11FN2O4S/c11-8-5-6-12(7-8)18(16,17)10-3-1-9(2-4-10)13(14)15/h1-4,8H,5-7H2/t8-/m1/s1. The summed E-state index contributed by atoms with van der Waals surface area (Å²) in [5.74, 6) is 0. The maximum atomic E-state index is 13.0. The van der Waals surface area contributed by atoms with Gasteiger partial charge in [0.25, 0.3) is 5.69 Å². The molecule has 0 N–H and O–H groups in total. The van der Waals surface area contributed by atoms with E-state index in [2.05, 4.69) is 0 Å². The van der Waals surface area contributed by atoms with Crippen LogP contribution in [0.15, 0.2) is 29.2 Å². The van der Waals surface area contributed by atoms with Crippen molar-refractivity contribution < 1.29 is 17.7 Å². The lowest BCUT2D eigenvalue weighted by Crippen LogP contribution is -2.29. The van der Waals surface area contributed by atoms with E-state index in [-0.39, 0.29) is 30.1 Å². The van der Waals surface area contributed by atoms with E-state index >= 15 is 0 Å². The number of nitro benzene ring substituents is 1. The average molecular weight is 274 g/mol. The normalized spacial score (nSPS) is 21.1. The van der Waals surface area contributed by atoms with Gasteiger partial charge in [0.05, 0.1) is 9.82 Å². The van der Waals surface area contributed by atoms with Crippen molar-refractivity contribution in [1.29, 1.82) is 0 Å². The minimum Gasteiger partial charge on any atom is -0.258 e. The number of halogens is 1. The van der Waals surface area contributed by atoms with Crippen LogP contribution in [0.4, 0.5) is 10.1 Å². The molecule has 1 saturated heterocycles. The van der Waals surface area contributed by atoms with E-state index in [1.54, 1.807) is 0 Å². The molecule has 98 valence electrons. The highest BCUT2D eigenvalue weighted by molar-refractivity contribution is 7.89. The zero-order chi connectivity index (χ0) is 13.3. The van der Waals surface area contributed by atoms with E-state index in [1.165, 1.54) is 12.1 Å². The molecule has 0 aliphatic carbocycles. The minimum atomic E-state index is -3.74. The van der Waals surface area contributed by atoms with Crippen LogP contribution in [-0.2, 0) is 10.0 Å². The summed E-state index contributed by atoms with van der Waals surface area (Å²) in [5.41, 5.74) is -0.182. The summed E-state index contributed by atoms with van der Waals surface area (Å²) in [7, 11) is -3.74. The van der Waals surface area contributed by atoms with Gasteiger partial charge in [-0.05, 0) is 18.6 Å². The number of rotatable bonds is 3. The first-order valence-corrected chi connectivity index (χ1v) is 6.74. The van der Waals surface area contributed by atoms with E-state index in [4.69, 9.17) is 0 Å². The second-order valence-corrected chi connectivity index (χ2v) is 5.94. The number of nitrogens with zero attached hydrogens (tertiary/aromatic N) is 2. The molecule has 1 aliphatic heterocycles. The summed E-state index contributed by atoms with van der Waals surface area (Å²) >= 11 is 0. The zero-order valence-corrected chi connectivity index (χ0v) is 10.1. The summed E-state index contributed by atoms with van der Waals surface area (Å²) in [6.45, 7) is -0.0141. The van der Waals surface area contributed by atoms with Gasteiger partial charge in [-0.2, -0.15) is 4.31 Å². The fraction of sp³-hybridized carbons (Fsp3) is 0.400. The molecule has 0 amide bonds. The van der Waals surface area contributed by atoms with Gasteiger partial charge in [0.2, 0.25) is 10.0 Å². The number of non-ortho nitro benzene ring substituents is 1. The van der Waals surface area contributed by atoms with Crippen molar-refractivity contribution >= 4 is 15.7 Å². The molecule has 0 bridgehead atoms. The van der Waals surface area contributed by atoms with Crippen LogP contribution in [0.5, 0.6) is 0 Å². The summed E-state index contributed by atoms with van der Waals surface area (Å²) in [6, 6.07) is 4.57. The molecule has 18 heavy (non-hydrogen) atoms. The zero-order valence-electron chi connectivity index (χ0n) is 9.32. The first-order valence-electron chi connectivity index (χ1n) is 5.30. The summed E-state index contributed by atoms with van der Waals surface area (Å²) in [4.78, 5) is 9.80. The number of alkyl halides is 1. The monoisotopic (exact) mass is 274 g/mol. The SMILES string of the molecule is O=[N+]([O-])c1ccc(S(=O)(=O)N2CC[C@@H](F)C2)cc1. The predicted molar refractivity (Wildman–Crippen MR) is 61.4 cm³/mol. The van der Waals surface area contributed by atoms with E-state index in [1.807, 2.05) is 0 Å². The van der Waals surface area contributed by atoms with E-state index in [0.29, 0.717) is 0 Å². The number of hydrogen-bond acceptors (Lipinski definition) is 4. The van der Waals surface area contributed by atoms with Gasteiger partial charge in [0, 0.05) is 25.2 Å². The Hall–Kier alpha value is -1.54. The second-order valence-electron chi connectivity index (χ2n) is 4.00. The van der Waals surface area contributed by atoms with Crippen LogP contribution < -0.4 is 0 Å². The quantitative estimate of drug-likeness (QED) is 0.615. The maximum absolute atomic E-state index is 13.0. The Morgan fingerprint density at radius 3 is 2.39 bits per heavy atom. The molecule has 1 fully saturated rings.